The van der Waals surface area contributed by atoms with Gasteiger partial charge in [-0.15, -0.1) is 0 Å². The van der Waals surface area contributed by atoms with Crippen LogP contribution in [-0.2, 0) is 10.0 Å². The lowest BCUT2D eigenvalue weighted by atomic mass is 10.1. The van der Waals surface area contributed by atoms with Gasteiger partial charge in [-0.25, -0.2) is 13.4 Å². The number of amidine groups is 1. The lowest BCUT2D eigenvalue weighted by molar-refractivity contribution is 0.482. The molecule has 0 unspecified atom stereocenters. The van der Waals surface area contributed by atoms with Gasteiger partial charge >= 0.3 is 0 Å². The van der Waals surface area contributed by atoms with E-state index in [1.165, 1.54) is 0 Å². The van der Waals surface area contributed by atoms with Crippen LogP contribution >= 0.6 is 11.6 Å². The van der Waals surface area contributed by atoms with Gasteiger partial charge in [-0.3, -0.25) is 9.71 Å². The molecule has 146 valence electrons. The second-order valence-corrected chi connectivity index (χ2v) is 8.79. The third-order valence-electron chi connectivity index (χ3n) is 4.47. The van der Waals surface area contributed by atoms with Crippen LogP contribution in [0.5, 0.6) is 11.5 Å². The molecule has 0 bridgehead atoms. The maximum Gasteiger partial charge on any atom is 0.232 e. The molecule has 0 aromatic heterocycles. The zero-order valence-electron chi connectivity index (χ0n) is 15.2. The molecule has 0 amide bonds. The molecule has 0 atom stereocenters. The lowest BCUT2D eigenvalue weighted by Gasteiger charge is -2.29. The molecular formula is C19H19ClN4O3S. The van der Waals surface area contributed by atoms with Gasteiger partial charge in [0.1, 0.15) is 22.4 Å². The summed E-state index contributed by atoms with van der Waals surface area (Å²) < 4.78 is 32.1. The van der Waals surface area contributed by atoms with E-state index in [4.69, 9.17) is 16.3 Å². The number of halogens is 1. The number of sulfonamides is 1. The van der Waals surface area contributed by atoms with Crippen LogP contribution in [-0.4, -0.2) is 44.3 Å². The van der Waals surface area contributed by atoms with E-state index in [9.17, 15) is 8.42 Å². The summed E-state index contributed by atoms with van der Waals surface area (Å²) in [6, 6.07) is 10.5. The summed E-state index contributed by atoms with van der Waals surface area (Å²) in [5.41, 5.74) is 2.02. The number of rotatable bonds is 5. The first kappa shape index (κ1) is 18.8. The molecule has 0 radical (unpaired) electrons. The number of aliphatic imine (C=N–C) groups is 2. The zero-order valence-corrected chi connectivity index (χ0v) is 16.8. The van der Waals surface area contributed by atoms with Crippen molar-refractivity contribution in [3.8, 4) is 11.5 Å². The standard InChI is InChI=1S/C19H19ClN4O3S/c1-2-28(25,26)23-16-5-3-6-17(18(16)20)27-13-7-8-15-14(11-13)19-21-9-4-10-24(19)12-22-15/h3,5-8,11-12,23H,2,4,9-10H2,1H3. The Morgan fingerprint density at radius 1 is 1.29 bits per heavy atom. The minimum atomic E-state index is -3.44. The van der Waals surface area contributed by atoms with Crippen molar-refractivity contribution < 1.29 is 13.2 Å². The van der Waals surface area contributed by atoms with Gasteiger partial charge < -0.3 is 9.64 Å². The topological polar surface area (TPSA) is 83.4 Å². The van der Waals surface area contributed by atoms with E-state index in [0.717, 1.165) is 36.6 Å². The SMILES string of the molecule is CCS(=O)(=O)Nc1cccc(Oc2ccc3c(c2)C2=NCCCN2C=N3)c1Cl. The van der Waals surface area contributed by atoms with Gasteiger partial charge in [0.15, 0.2) is 0 Å². The van der Waals surface area contributed by atoms with Crippen molar-refractivity contribution in [1.29, 1.82) is 0 Å². The molecule has 2 aromatic rings. The van der Waals surface area contributed by atoms with Crippen LogP contribution in [0.25, 0.3) is 0 Å². The molecule has 0 aliphatic carbocycles. The third kappa shape index (κ3) is 3.70. The fraction of sp³-hybridized carbons (Fsp3) is 0.263. The molecule has 4 rings (SSSR count). The highest BCUT2D eigenvalue weighted by molar-refractivity contribution is 7.92. The number of nitrogens with one attached hydrogen (secondary N) is 1. The summed E-state index contributed by atoms with van der Waals surface area (Å²) in [6.07, 6.45) is 2.80. The zero-order chi connectivity index (χ0) is 19.7. The van der Waals surface area contributed by atoms with E-state index < -0.39 is 10.0 Å². The van der Waals surface area contributed by atoms with E-state index in [1.54, 1.807) is 37.5 Å². The minimum absolute atomic E-state index is 0.0433. The van der Waals surface area contributed by atoms with Crippen LogP contribution in [0.15, 0.2) is 46.4 Å². The Kier molecular flexibility index (Phi) is 4.99. The summed E-state index contributed by atoms with van der Waals surface area (Å²) in [4.78, 5) is 11.1. The van der Waals surface area contributed by atoms with Gasteiger partial charge in [-0.1, -0.05) is 17.7 Å². The van der Waals surface area contributed by atoms with Crippen molar-refractivity contribution >= 4 is 45.2 Å². The molecule has 0 fully saturated rings. The fourth-order valence-corrected chi connectivity index (χ4v) is 3.93. The molecule has 0 spiro atoms. The first-order chi connectivity index (χ1) is 13.5. The summed E-state index contributed by atoms with van der Waals surface area (Å²) in [5.74, 6) is 1.77. The van der Waals surface area contributed by atoms with Gasteiger partial charge in [-0.05, 0) is 43.7 Å². The largest absolute Gasteiger partial charge is 0.456 e. The van der Waals surface area contributed by atoms with Gasteiger partial charge in [0, 0.05) is 18.7 Å². The third-order valence-corrected chi connectivity index (χ3v) is 6.15. The van der Waals surface area contributed by atoms with Crippen molar-refractivity contribution in [2.45, 2.75) is 13.3 Å². The Hall–Kier alpha value is -2.58. The highest BCUT2D eigenvalue weighted by Gasteiger charge is 2.23. The van der Waals surface area contributed by atoms with Crippen molar-refractivity contribution in [3.05, 3.63) is 47.0 Å². The van der Waals surface area contributed by atoms with Gasteiger partial charge in [-0.2, -0.15) is 0 Å². The Morgan fingerprint density at radius 3 is 2.96 bits per heavy atom. The highest BCUT2D eigenvalue weighted by Crippen LogP contribution is 2.37. The number of ether oxygens (including phenoxy) is 1. The smallest absolute Gasteiger partial charge is 0.232 e. The number of nitrogens with zero attached hydrogens (tertiary/aromatic N) is 3. The van der Waals surface area contributed by atoms with E-state index in [2.05, 4.69) is 14.7 Å². The molecule has 1 N–H and O–H groups in total. The molecule has 0 saturated heterocycles. The van der Waals surface area contributed by atoms with E-state index >= 15 is 0 Å². The van der Waals surface area contributed by atoms with E-state index in [-0.39, 0.29) is 16.5 Å². The highest BCUT2D eigenvalue weighted by atomic mass is 35.5. The molecule has 28 heavy (non-hydrogen) atoms. The van der Waals surface area contributed by atoms with Crippen molar-refractivity contribution in [3.63, 3.8) is 0 Å². The second-order valence-electron chi connectivity index (χ2n) is 6.40. The molecular weight excluding hydrogens is 400 g/mol. The van der Waals surface area contributed by atoms with Crippen molar-refractivity contribution in [2.24, 2.45) is 9.98 Å². The number of hydrogen-bond donors (Lipinski definition) is 1. The molecule has 2 aliphatic rings. The van der Waals surface area contributed by atoms with Gasteiger partial charge in [0.2, 0.25) is 10.0 Å². The van der Waals surface area contributed by atoms with Crippen LogP contribution in [0.4, 0.5) is 11.4 Å². The number of hydrogen-bond acceptors (Lipinski definition) is 6. The molecule has 7 nitrogen and oxygen atoms in total. The maximum atomic E-state index is 11.8. The fourth-order valence-electron chi connectivity index (χ4n) is 3.01. The Bertz CT molecular complexity index is 1080. The molecule has 2 aliphatic heterocycles. The van der Waals surface area contributed by atoms with Crippen LogP contribution in [0.1, 0.15) is 18.9 Å². The first-order valence-corrected chi connectivity index (χ1v) is 11.0. The Morgan fingerprint density at radius 2 is 2.14 bits per heavy atom. The first-order valence-electron chi connectivity index (χ1n) is 8.93. The molecule has 2 aromatic carbocycles. The second kappa shape index (κ2) is 7.44. The van der Waals surface area contributed by atoms with Crippen molar-refractivity contribution in [1.82, 2.24) is 4.90 Å². The molecule has 9 heteroatoms. The maximum absolute atomic E-state index is 11.8. The van der Waals surface area contributed by atoms with Crippen LogP contribution in [0.3, 0.4) is 0 Å². The predicted octanol–water partition coefficient (Wildman–Crippen LogP) is 4.02. The van der Waals surface area contributed by atoms with Gasteiger partial charge in [0.05, 0.1) is 23.5 Å². The summed E-state index contributed by atoms with van der Waals surface area (Å²) in [6.45, 7) is 3.23. The normalized spacial score (nSPS) is 15.5. The summed E-state index contributed by atoms with van der Waals surface area (Å²) in [5, 5.41) is 0.201. The number of fused-ring (bicyclic) bond motifs is 3. The Labute approximate surface area is 168 Å². The summed E-state index contributed by atoms with van der Waals surface area (Å²) in [7, 11) is -3.44. The van der Waals surface area contributed by atoms with Crippen molar-refractivity contribution in [2.75, 3.05) is 23.6 Å². The number of benzene rings is 2. The van der Waals surface area contributed by atoms with Crippen LogP contribution in [0, 0.1) is 0 Å². The lowest BCUT2D eigenvalue weighted by Crippen LogP contribution is -2.36. The minimum Gasteiger partial charge on any atom is -0.456 e. The average Bonchev–Trinajstić information content (AvgIpc) is 2.71. The molecule has 0 saturated carbocycles. The Balaban J connectivity index is 1.64. The van der Waals surface area contributed by atoms with Gasteiger partial charge in [0.25, 0.3) is 0 Å². The predicted molar refractivity (Wildman–Crippen MR) is 112 cm³/mol. The van der Waals surface area contributed by atoms with Crippen LogP contribution in [0.2, 0.25) is 5.02 Å². The monoisotopic (exact) mass is 418 g/mol. The number of anilines is 1. The van der Waals surface area contributed by atoms with Crippen LogP contribution < -0.4 is 9.46 Å². The van der Waals surface area contributed by atoms with E-state index in [1.807, 2.05) is 17.0 Å². The summed E-state index contributed by atoms with van der Waals surface area (Å²) >= 11 is 6.37. The van der Waals surface area contributed by atoms with E-state index in [0.29, 0.717) is 11.5 Å². The quantitative estimate of drug-likeness (QED) is 0.794. The average molecular weight is 419 g/mol. The molecule has 2 heterocycles.